The smallest absolute Gasteiger partial charge is 0.293 e. The second-order valence-corrected chi connectivity index (χ2v) is 7.03. The molecule has 1 fully saturated rings. The minimum Gasteiger partial charge on any atom is -0.379 e. The van der Waals surface area contributed by atoms with E-state index >= 15 is 0 Å². The average Bonchev–Trinajstić information content (AvgIpc) is 2.75. The fourth-order valence-electron chi connectivity index (χ4n) is 2.21. The topological polar surface area (TPSA) is 106 Å². The van der Waals surface area contributed by atoms with Crippen LogP contribution in [-0.2, 0) is 9.84 Å². The van der Waals surface area contributed by atoms with E-state index in [2.05, 4.69) is 5.32 Å². The van der Waals surface area contributed by atoms with Gasteiger partial charge in [0.05, 0.1) is 16.4 Å². The van der Waals surface area contributed by atoms with E-state index in [-0.39, 0.29) is 28.7 Å². The van der Waals surface area contributed by atoms with Gasteiger partial charge in [0.25, 0.3) is 5.69 Å². The highest BCUT2D eigenvalue weighted by Crippen LogP contribution is 2.26. The number of nitrogens with zero attached hydrogens (tertiary/aromatic N) is 1. The van der Waals surface area contributed by atoms with Crippen LogP contribution >= 0.6 is 0 Å². The van der Waals surface area contributed by atoms with E-state index in [1.165, 1.54) is 18.2 Å². The zero-order valence-electron chi connectivity index (χ0n) is 10.6. The number of rotatable bonds is 5. The van der Waals surface area contributed by atoms with Crippen molar-refractivity contribution in [1.82, 2.24) is 0 Å². The summed E-state index contributed by atoms with van der Waals surface area (Å²) in [4.78, 5) is 21.0. The summed E-state index contributed by atoms with van der Waals surface area (Å²) in [6, 6.07) is 4.14. The average molecular weight is 298 g/mol. The molecule has 0 aromatic heterocycles. The van der Waals surface area contributed by atoms with Crippen molar-refractivity contribution in [2.24, 2.45) is 5.92 Å². The van der Waals surface area contributed by atoms with Gasteiger partial charge in [-0.05, 0) is 24.5 Å². The Bertz CT molecular complexity index is 641. The summed E-state index contributed by atoms with van der Waals surface area (Å²) < 4.78 is 22.7. The fourth-order valence-corrected chi connectivity index (χ4v) is 4.07. The number of carbonyl (C=O) groups excluding carboxylic acids is 1. The Morgan fingerprint density at radius 1 is 1.45 bits per heavy atom. The van der Waals surface area contributed by atoms with E-state index < -0.39 is 14.8 Å². The van der Waals surface area contributed by atoms with Crippen molar-refractivity contribution >= 4 is 27.5 Å². The molecule has 0 spiro atoms. The van der Waals surface area contributed by atoms with Crippen molar-refractivity contribution in [1.29, 1.82) is 0 Å². The molecular formula is C12H14N2O5S. The summed E-state index contributed by atoms with van der Waals surface area (Å²) in [6.45, 7) is 0.362. The minimum atomic E-state index is -2.96. The van der Waals surface area contributed by atoms with E-state index in [4.69, 9.17) is 0 Å². The van der Waals surface area contributed by atoms with Crippen LogP contribution in [-0.4, -0.2) is 37.7 Å². The molecule has 1 N–H and O–H groups in total. The van der Waals surface area contributed by atoms with E-state index in [1.54, 1.807) is 0 Å². The lowest BCUT2D eigenvalue weighted by molar-refractivity contribution is -0.384. The minimum absolute atomic E-state index is 0.0367. The first-order valence-corrected chi connectivity index (χ1v) is 7.91. The van der Waals surface area contributed by atoms with Crippen LogP contribution in [0.2, 0.25) is 0 Å². The number of nitrogens with one attached hydrogen (secondary N) is 1. The molecule has 8 heteroatoms. The molecule has 1 aliphatic heterocycles. The van der Waals surface area contributed by atoms with Gasteiger partial charge in [-0.2, -0.15) is 0 Å². The highest BCUT2D eigenvalue weighted by molar-refractivity contribution is 7.91. The van der Waals surface area contributed by atoms with Crippen molar-refractivity contribution in [3.8, 4) is 0 Å². The summed E-state index contributed by atoms with van der Waals surface area (Å²) >= 11 is 0. The number of hydrogen-bond acceptors (Lipinski definition) is 6. The quantitative estimate of drug-likeness (QED) is 0.498. The van der Waals surface area contributed by atoms with E-state index in [9.17, 15) is 23.3 Å². The number of nitro groups is 1. The number of benzene rings is 1. The van der Waals surface area contributed by atoms with Crippen LogP contribution in [0.5, 0.6) is 0 Å². The number of sulfone groups is 1. The molecule has 1 saturated heterocycles. The molecule has 1 aromatic carbocycles. The summed E-state index contributed by atoms with van der Waals surface area (Å²) in [5, 5.41) is 13.8. The Balaban J connectivity index is 2.09. The SMILES string of the molecule is O=Cc1ccc(NCC2CCS(=O)(=O)C2)c([N+](=O)[O-])c1. The number of nitro benzene ring substituents is 1. The molecule has 1 unspecified atom stereocenters. The van der Waals surface area contributed by atoms with Crippen LogP contribution in [0, 0.1) is 16.0 Å². The lowest BCUT2D eigenvalue weighted by Crippen LogP contribution is -2.16. The molecule has 1 aromatic rings. The molecule has 2 rings (SSSR count). The van der Waals surface area contributed by atoms with Crippen LogP contribution in [0.15, 0.2) is 18.2 Å². The zero-order valence-corrected chi connectivity index (χ0v) is 11.4. The second-order valence-electron chi connectivity index (χ2n) is 4.80. The molecule has 7 nitrogen and oxygen atoms in total. The van der Waals surface area contributed by atoms with Crippen molar-refractivity contribution in [2.75, 3.05) is 23.4 Å². The first-order chi connectivity index (χ1) is 9.41. The summed E-state index contributed by atoms with van der Waals surface area (Å²) in [5.74, 6) is 0.247. The molecule has 0 amide bonds. The molecule has 1 atom stereocenters. The van der Waals surface area contributed by atoms with Crippen molar-refractivity contribution in [2.45, 2.75) is 6.42 Å². The van der Waals surface area contributed by atoms with Crippen molar-refractivity contribution in [3.05, 3.63) is 33.9 Å². The Hall–Kier alpha value is -1.96. The molecule has 0 bridgehead atoms. The third kappa shape index (κ3) is 3.32. The predicted molar refractivity (Wildman–Crippen MR) is 73.7 cm³/mol. The Labute approximate surface area is 116 Å². The molecule has 1 heterocycles. The van der Waals surface area contributed by atoms with E-state index in [0.717, 1.165) is 0 Å². The lowest BCUT2D eigenvalue weighted by atomic mass is 10.1. The van der Waals surface area contributed by atoms with Crippen LogP contribution < -0.4 is 5.32 Å². The maximum atomic E-state index is 11.3. The summed E-state index contributed by atoms with van der Waals surface area (Å²) in [6.07, 6.45) is 1.11. The monoisotopic (exact) mass is 298 g/mol. The predicted octanol–water partition coefficient (Wildman–Crippen LogP) is 1.25. The number of anilines is 1. The zero-order chi connectivity index (χ0) is 14.8. The van der Waals surface area contributed by atoms with Gasteiger partial charge in [0.1, 0.15) is 12.0 Å². The molecule has 1 aliphatic rings. The van der Waals surface area contributed by atoms with Gasteiger partial charge in [0.2, 0.25) is 0 Å². The normalized spacial score (nSPS) is 20.5. The van der Waals surface area contributed by atoms with E-state index in [1.807, 2.05) is 0 Å². The van der Waals surface area contributed by atoms with Gasteiger partial charge in [-0.25, -0.2) is 8.42 Å². The number of aldehydes is 1. The second kappa shape index (κ2) is 5.58. The first kappa shape index (κ1) is 14.4. The fraction of sp³-hybridized carbons (Fsp3) is 0.417. The molecule has 20 heavy (non-hydrogen) atoms. The Kier molecular flexibility index (Phi) is 4.03. The van der Waals surface area contributed by atoms with Gasteiger partial charge >= 0.3 is 0 Å². The highest BCUT2D eigenvalue weighted by atomic mass is 32.2. The first-order valence-electron chi connectivity index (χ1n) is 6.09. The van der Waals surface area contributed by atoms with E-state index in [0.29, 0.717) is 24.9 Å². The van der Waals surface area contributed by atoms with Gasteiger partial charge in [0, 0.05) is 18.2 Å². The molecule has 0 radical (unpaired) electrons. The standard InChI is InChI=1S/C12H14N2O5S/c15-7-9-1-2-11(12(5-9)14(16)17)13-6-10-3-4-20(18,19)8-10/h1-2,5,7,10,13H,3-4,6,8H2. The number of hydrogen-bond donors (Lipinski definition) is 1. The maximum Gasteiger partial charge on any atom is 0.293 e. The van der Waals surface area contributed by atoms with Crippen LogP contribution in [0.1, 0.15) is 16.8 Å². The van der Waals surface area contributed by atoms with Crippen LogP contribution in [0.3, 0.4) is 0 Å². The maximum absolute atomic E-state index is 11.3. The number of carbonyl (C=O) groups is 1. The van der Waals surface area contributed by atoms with Gasteiger partial charge in [-0.1, -0.05) is 0 Å². The lowest BCUT2D eigenvalue weighted by Gasteiger charge is -2.11. The third-order valence-corrected chi connectivity index (χ3v) is 5.10. The molecular weight excluding hydrogens is 284 g/mol. The van der Waals surface area contributed by atoms with Gasteiger partial charge in [0.15, 0.2) is 9.84 Å². The Morgan fingerprint density at radius 2 is 2.20 bits per heavy atom. The van der Waals surface area contributed by atoms with Gasteiger partial charge in [-0.3, -0.25) is 14.9 Å². The highest BCUT2D eigenvalue weighted by Gasteiger charge is 2.28. The molecule has 0 aliphatic carbocycles. The molecule has 108 valence electrons. The Morgan fingerprint density at radius 3 is 2.75 bits per heavy atom. The summed E-state index contributed by atoms with van der Waals surface area (Å²) in [7, 11) is -2.96. The van der Waals surface area contributed by atoms with Crippen LogP contribution in [0.4, 0.5) is 11.4 Å². The largest absolute Gasteiger partial charge is 0.379 e. The molecule has 0 saturated carbocycles. The van der Waals surface area contributed by atoms with Gasteiger partial charge < -0.3 is 5.32 Å². The van der Waals surface area contributed by atoms with Crippen LogP contribution in [0.25, 0.3) is 0 Å². The third-order valence-electron chi connectivity index (χ3n) is 3.26. The van der Waals surface area contributed by atoms with Crippen molar-refractivity contribution in [3.63, 3.8) is 0 Å². The summed E-state index contributed by atoms with van der Waals surface area (Å²) in [5.41, 5.74) is 0.339. The van der Waals surface area contributed by atoms with Gasteiger partial charge in [-0.15, -0.1) is 0 Å². The van der Waals surface area contributed by atoms with Crippen molar-refractivity contribution < 1.29 is 18.1 Å².